The molecule has 9 heteroatoms. The molecule has 2 aromatic carbocycles. The highest BCUT2D eigenvalue weighted by Crippen LogP contribution is 2.34. The summed E-state index contributed by atoms with van der Waals surface area (Å²) in [7, 11) is 2.71. The van der Waals surface area contributed by atoms with E-state index >= 15 is 0 Å². The molecule has 0 aliphatic heterocycles. The molecule has 0 heterocycles. The van der Waals surface area contributed by atoms with E-state index in [1.54, 1.807) is 12.1 Å². The van der Waals surface area contributed by atoms with Crippen molar-refractivity contribution in [1.29, 1.82) is 0 Å². The van der Waals surface area contributed by atoms with Gasteiger partial charge in [0, 0.05) is 6.42 Å². The van der Waals surface area contributed by atoms with Gasteiger partial charge in [0.15, 0.2) is 11.5 Å². The average molecular weight is 487 g/mol. The standard InChI is InChI=1S/C26H34N2O7/c1-26(2,18-10-11-22(34-3)21(29)15-18)12-13-27-19(16-23(30)31)24(32)28-20(25(33)35-4)14-17-8-6-5-7-9-17/h5-11,15,19-20,27,29H,12-14,16H2,1-4H3,(H,28,32)(H,30,31)/t19-,20-/m0/s1. The molecule has 0 spiro atoms. The van der Waals surface area contributed by atoms with Crippen molar-refractivity contribution in [3.63, 3.8) is 0 Å². The monoisotopic (exact) mass is 486 g/mol. The number of ether oxygens (including phenoxy) is 2. The zero-order chi connectivity index (χ0) is 26.0. The van der Waals surface area contributed by atoms with Crippen LogP contribution in [0.1, 0.15) is 37.8 Å². The van der Waals surface area contributed by atoms with E-state index in [0.29, 0.717) is 18.7 Å². The molecule has 4 N–H and O–H groups in total. The third kappa shape index (κ3) is 8.29. The Morgan fingerprint density at radius 1 is 1.03 bits per heavy atom. The second-order valence-corrected chi connectivity index (χ2v) is 8.90. The van der Waals surface area contributed by atoms with Gasteiger partial charge < -0.3 is 30.3 Å². The van der Waals surface area contributed by atoms with Gasteiger partial charge in [0.1, 0.15) is 6.04 Å². The lowest BCUT2D eigenvalue weighted by Gasteiger charge is -2.27. The molecule has 0 saturated heterocycles. The van der Waals surface area contributed by atoms with Crippen molar-refractivity contribution in [2.75, 3.05) is 20.8 Å². The number of carboxylic acids is 1. The number of carbonyl (C=O) groups excluding carboxylic acids is 2. The van der Waals surface area contributed by atoms with Crippen LogP contribution in [0.5, 0.6) is 11.5 Å². The third-order valence-electron chi connectivity index (χ3n) is 5.88. The summed E-state index contributed by atoms with van der Waals surface area (Å²) in [6.45, 7) is 4.29. The van der Waals surface area contributed by atoms with E-state index in [1.165, 1.54) is 14.2 Å². The Hall–Kier alpha value is -3.59. The number of hydrogen-bond donors (Lipinski definition) is 4. The van der Waals surface area contributed by atoms with Crippen LogP contribution in [0, 0.1) is 0 Å². The highest BCUT2D eigenvalue weighted by molar-refractivity contribution is 5.90. The SMILES string of the molecule is COC(=O)[C@H](Cc1ccccc1)NC(=O)[C@H](CC(=O)O)NCCC(C)(C)c1ccc(OC)c(O)c1. The number of aliphatic carboxylic acids is 1. The summed E-state index contributed by atoms with van der Waals surface area (Å²) in [5, 5.41) is 25.1. The fourth-order valence-corrected chi connectivity index (χ4v) is 3.70. The smallest absolute Gasteiger partial charge is 0.328 e. The van der Waals surface area contributed by atoms with Crippen LogP contribution < -0.4 is 15.4 Å². The molecule has 2 rings (SSSR count). The summed E-state index contributed by atoms with van der Waals surface area (Å²) in [6.07, 6.45) is 0.314. The van der Waals surface area contributed by atoms with Gasteiger partial charge in [0.05, 0.1) is 26.7 Å². The second kappa shape index (κ2) is 12.8. The summed E-state index contributed by atoms with van der Waals surface area (Å²) in [4.78, 5) is 36.6. The minimum Gasteiger partial charge on any atom is -0.504 e. The number of hydrogen-bond acceptors (Lipinski definition) is 7. The van der Waals surface area contributed by atoms with E-state index in [4.69, 9.17) is 9.47 Å². The normalized spacial score (nSPS) is 12.9. The topological polar surface area (TPSA) is 134 Å². The number of phenolic OH excluding ortho intramolecular Hbond substituents is 1. The highest BCUT2D eigenvalue weighted by atomic mass is 16.5. The number of carbonyl (C=O) groups is 3. The molecule has 35 heavy (non-hydrogen) atoms. The Bertz CT molecular complexity index is 1010. The number of amides is 1. The summed E-state index contributed by atoms with van der Waals surface area (Å²) in [6, 6.07) is 12.3. The van der Waals surface area contributed by atoms with Crippen molar-refractivity contribution in [3.05, 3.63) is 59.7 Å². The molecule has 2 aromatic rings. The maximum absolute atomic E-state index is 12.9. The lowest BCUT2D eigenvalue weighted by molar-refractivity contribution is -0.145. The molecular formula is C26H34N2O7. The van der Waals surface area contributed by atoms with Crippen LogP contribution in [0.4, 0.5) is 0 Å². The molecule has 190 valence electrons. The van der Waals surface area contributed by atoms with Crippen molar-refractivity contribution in [2.45, 2.75) is 50.6 Å². The van der Waals surface area contributed by atoms with Crippen LogP contribution in [0.3, 0.4) is 0 Å². The van der Waals surface area contributed by atoms with E-state index in [-0.39, 0.29) is 17.6 Å². The van der Waals surface area contributed by atoms with E-state index in [2.05, 4.69) is 10.6 Å². The van der Waals surface area contributed by atoms with Gasteiger partial charge in [-0.15, -0.1) is 0 Å². The molecule has 0 unspecified atom stereocenters. The van der Waals surface area contributed by atoms with E-state index < -0.39 is 36.4 Å². The van der Waals surface area contributed by atoms with Crippen molar-refractivity contribution in [1.82, 2.24) is 10.6 Å². The van der Waals surface area contributed by atoms with Gasteiger partial charge in [0.2, 0.25) is 5.91 Å². The number of aromatic hydroxyl groups is 1. The quantitative estimate of drug-likeness (QED) is 0.317. The van der Waals surface area contributed by atoms with Crippen LogP contribution in [0.25, 0.3) is 0 Å². The van der Waals surface area contributed by atoms with Crippen molar-refractivity contribution in [2.24, 2.45) is 0 Å². The maximum Gasteiger partial charge on any atom is 0.328 e. The highest BCUT2D eigenvalue weighted by Gasteiger charge is 2.29. The van der Waals surface area contributed by atoms with E-state index in [9.17, 15) is 24.6 Å². The number of benzene rings is 2. The first-order valence-electron chi connectivity index (χ1n) is 11.3. The van der Waals surface area contributed by atoms with Crippen molar-refractivity contribution in [3.8, 4) is 11.5 Å². The van der Waals surface area contributed by atoms with Gasteiger partial charge in [-0.25, -0.2) is 4.79 Å². The Morgan fingerprint density at radius 3 is 2.29 bits per heavy atom. The molecular weight excluding hydrogens is 452 g/mol. The first-order chi connectivity index (χ1) is 16.6. The zero-order valence-electron chi connectivity index (χ0n) is 20.5. The lowest BCUT2D eigenvalue weighted by atomic mass is 9.81. The first-order valence-corrected chi connectivity index (χ1v) is 11.3. The predicted octanol–water partition coefficient (Wildman–Crippen LogP) is 2.40. The van der Waals surface area contributed by atoms with Gasteiger partial charge in [-0.1, -0.05) is 50.2 Å². The van der Waals surface area contributed by atoms with Gasteiger partial charge >= 0.3 is 11.9 Å². The molecule has 0 saturated carbocycles. The first kappa shape index (κ1) is 27.7. The van der Waals surface area contributed by atoms with E-state index in [0.717, 1.165) is 11.1 Å². The van der Waals surface area contributed by atoms with Crippen LogP contribution in [0.2, 0.25) is 0 Å². The van der Waals surface area contributed by atoms with Crippen molar-refractivity contribution < 1.29 is 34.1 Å². The van der Waals surface area contributed by atoms with Gasteiger partial charge in [0.25, 0.3) is 0 Å². The average Bonchev–Trinajstić information content (AvgIpc) is 2.82. The maximum atomic E-state index is 12.9. The Balaban J connectivity index is 2.06. The molecule has 0 fully saturated rings. The van der Waals surface area contributed by atoms with Crippen LogP contribution in [0.15, 0.2) is 48.5 Å². The molecule has 1 amide bonds. The second-order valence-electron chi connectivity index (χ2n) is 8.90. The largest absolute Gasteiger partial charge is 0.504 e. The minimum absolute atomic E-state index is 0.0291. The third-order valence-corrected chi connectivity index (χ3v) is 5.88. The summed E-state index contributed by atoms with van der Waals surface area (Å²) in [5.74, 6) is -1.96. The Labute approximate surface area is 205 Å². The number of phenols is 1. The number of carboxylic acid groups (broad SMARTS) is 1. The fourth-order valence-electron chi connectivity index (χ4n) is 3.70. The van der Waals surface area contributed by atoms with Gasteiger partial charge in [-0.3, -0.25) is 9.59 Å². The molecule has 9 nitrogen and oxygen atoms in total. The predicted molar refractivity (Wildman–Crippen MR) is 130 cm³/mol. The fraction of sp³-hybridized carbons (Fsp3) is 0.423. The molecule has 0 aromatic heterocycles. The molecule has 0 aliphatic rings. The molecule has 2 atom stereocenters. The summed E-state index contributed by atoms with van der Waals surface area (Å²) >= 11 is 0. The number of esters is 1. The van der Waals surface area contributed by atoms with Crippen LogP contribution in [-0.2, 0) is 31.0 Å². The number of nitrogens with one attached hydrogen (secondary N) is 2. The van der Waals surface area contributed by atoms with Gasteiger partial charge in [-0.2, -0.15) is 0 Å². The lowest BCUT2D eigenvalue weighted by Crippen LogP contribution is -2.52. The van der Waals surface area contributed by atoms with Crippen LogP contribution in [-0.4, -0.2) is 60.9 Å². The number of methoxy groups -OCH3 is 2. The molecule has 0 bridgehead atoms. The molecule has 0 aliphatic carbocycles. The summed E-state index contributed by atoms with van der Waals surface area (Å²) in [5.41, 5.74) is 1.31. The van der Waals surface area contributed by atoms with E-state index in [1.807, 2.05) is 50.2 Å². The molecule has 0 radical (unpaired) electrons. The van der Waals surface area contributed by atoms with Gasteiger partial charge in [-0.05, 0) is 41.6 Å². The summed E-state index contributed by atoms with van der Waals surface area (Å²) < 4.78 is 9.91. The Morgan fingerprint density at radius 2 is 1.71 bits per heavy atom. The zero-order valence-corrected chi connectivity index (χ0v) is 20.5. The Kier molecular flexibility index (Phi) is 10.1. The number of rotatable bonds is 13. The minimum atomic E-state index is -1.14. The van der Waals surface area contributed by atoms with Crippen LogP contribution >= 0.6 is 0 Å². The van der Waals surface area contributed by atoms with Crippen molar-refractivity contribution >= 4 is 17.8 Å².